The maximum atomic E-state index is 13.8. The zero-order chi connectivity index (χ0) is 23.3. The number of carbonyl (C=O) groups excluding carboxylic acids is 1. The number of halogens is 4. The van der Waals surface area contributed by atoms with Gasteiger partial charge in [0, 0.05) is 18.8 Å². The van der Waals surface area contributed by atoms with Crippen LogP contribution in [0, 0.1) is 0 Å². The second kappa shape index (κ2) is 10.9. The SMILES string of the molecule is C=c1nc(C(F)F)n(Cc2cccc(Cl)c2Cl)/c1=C/C(=C\CC(=O)OC)N1CCOCC1. The van der Waals surface area contributed by atoms with Gasteiger partial charge in [-0.2, -0.15) is 0 Å². The molecule has 1 aliphatic heterocycles. The zero-order valence-corrected chi connectivity index (χ0v) is 19.0. The highest BCUT2D eigenvalue weighted by atomic mass is 35.5. The fourth-order valence-electron chi connectivity index (χ4n) is 3.38. The van der Waals surface area contributed by atoms with Gasteiger partial charge in [0.25, 0.3) is 6.43 Å². The molecule has 0 aliphatic carbocycles. The van der Waals surface area contributed by atoms with E-state index in [1.165, 1.54) is 11.7 Å². The average Bonchev–Trinajstić information content (AvgIpc) is 3.09. The third kappa shape index (κ3) is 5.68. The van der Waals surface area contributed by atoms with E-state index in [0.29, 0.717) is 47.9 Å². The number of hydrogen-bond donors (Lipinski definition) is 0. The smallest absolute Gasteiger partial charge is 0.309 e. The van der Waals surface area contributed by atoms with Crippen LogP contribution in [0.1, 0.15) is 24.2 Å². The summed E-state index contributed by atoms with van der Waals surface area (Å²) >= 11 is 12.4. The number of ether oxygens (including phenoxy) is 2. The van der Waals surface area contributed by atoms with Gasteiger partial charge in [0.2, 0.25) is 0 Å². The highest BCUT2D eigenvalue weighted by Crippen LogP contribution is 2.26. The van der Waals surface area contributed by atoms with E-state index >= 15 is 0 Å². The summed E-state index contributed by atoms with van der Waals surface area (Å²) in [6.45, 7) is 6.09. The van der Waals surface area contributed by atoms with E-state index in [4.69, 9.17) is 32.7 Å². The predicted molar refractivity (Wildman–Crippen MR) is 119 cm³/mol. The Morgan fingerprint density at radius 3 is 2.72 bits per heavy atom. The molecule has 0 amide bonds. The molecule has 1 aromatic carbocycles. The van der Waals surface area contributed by atoms with E-state index in [1.807, 2.05) is 4.90 Å². The number of carbonyl (C=O) groups is 1. The van der Waals surface area contributed by atoms with Gasteiger partial charge in [-0.15, -0.1) is 0 Å². The van der Waals surface area contributed by atoms with Crippen LogP contribution in [0.25, 0.3) is 12.7 Å². The second-order valence-corrected chi connectivity index (χ2v) is 7.84. The van der Waals surface area contributed by atoms with Crippen LogP contribution in [-0.4, -0.2) is 53.8 Å². The topological polar surface area (TPSA) is 56.6 Å². The maximum Gasteiger partial charge on any atom is 0.309 e. The summed E-state index contributed by atoms with van der Waals surface area (Å²) in [5.41, 5.74) is 1.24. The fraction of sp³-hybridized carbons (Fsp3) is 0.364. The van der Waals surface area contributed by atoms with Crippen molar-refractivity contribution in [3.05, 3.63) is 62.1 Å². The van der Waals surface area contributed by atoms with Crippen LogP contribution in [0.2, 0.25) is 10.0 Å². The molecule has 1 saturated heterocycles. The molecule has 1 fully saturated rings. The van der Waals surface area contributed by atoms with E-state index in [9.17, 15) is 13.6 Å². The van der Waals surface area contributed by atoms with Crippen molar-refractivity contribution in [1.29, 1.82) is 0 Å². The Morgan fingerprint density at radius 2 is 2.06 bits per heavy atom. The first kappa shape index (κ1) is 24.2. The van der Waals surface area contributed by atoms with Crippen LogP contribution < -0.4 is 10.7 Å². The number of esters is 1. The average molecular weight is 486 g/mol. The number of morpholine rings is 1. The molecule has 10 heteroatoms. The number of imidazole rings is 1. The lowest BCUT2D eigenvalue weighted by molar-refractivity contribution is -0.139. The molecule has 1 aromatic heterocycles. The van der Waals surface area contributed by atoms with Gasteiger partial charge in [0.05, 0.1) is 54.0 Å². The van der Waals surface area contributed by atoms with E-state index in [-0.39, 0.29) is 23.3 Å². The van der Waals surface area contributed by atoms with Crippen LogP contribution in [0.4, 0.5) is 8.78 Å². The van der Waals surface area contributed by atoms with Crippen LogP contribution in [0.15, 0.2) is 30.0 Å². The van der Waals surface area contributed by atoms with Crippen LogP contribution in [-0.2, 0) is 20.8 Å². The highest BCUT2D eigenvalue weighted by Gasteiger charge is 2.20. The lowest BCUT2D eigenvalue weighted by Crippen LogP contribution is -2.37. The molecule has 0 radical (unpaired) electrons. The van der Waals surface area contributed by atoms with Gasteiger partial charge in [-0.05, 0) is 23.8 Å². The molecular weight excluding hydrogens is 463 g/mol. The Bertz CT molecular complexity index is 1110. The van der Waals surface area contributed by atoms with Crippen molar-refractivity contribution in [3.8, 4) is 0 Å². The summed E-state index contributed by atoms with van der Waals surface area (Å²) in [7, 11) is 1.31. The largest absolute Gasteiger partial charge is 0.469 e. The summed E-state index contributed by atoms with van der Waals surface area (Å²) in [5.74, 6) is -0.835. The summed E-state index contributed by atoms with van der Waals surface area (Å²) in [6, 6.07) is 5.04. The molecule has 172 valence electrons. The number of nitrogens with zero attached hydrogens (tertiary/aromatic N) is 3. The Hall–Kier alpha value is -2.42. The Kier molecular flexibility index (Phi) is 8.28. The molecule has 1 aliphatic rings. The van der Waals surface area contributed by atoms with Gasteiger partial charge in [0.15, 0.2) is 5.82 Å². The number of rotatable bonds is 7. The molecule has 0 unspecified atom stereocenters. The first-order valence-corrected chi connectivity index (χ1v) is 10.6. The lowest BCUT2D eigenvalue weighted by atomic mass is 10.2. The van der Waals surface area contributed by atoms with Crippen molar-refractivity contribution in [3.63, 3.8) is 0 Å². The first-order valence-electron chi connectivity index (χ1n) is 9.89. The van der Waals surface area contributed by atoms with E-state index in [2.05, 4.69) is 11.6 Å². The Balaban J connectivity index is 2.13. The van der Waals surface area contributed by atoms with Gasteiger partial charge in [0.1, 0.15) is 0 Å². The quantitative estimate of drug-likeness (QED) is 0.563. The van der Waals surface area contributed by atoms with Crippen molar-refractivity contribution in [2.75, 3.05) is 33.4 Å². The maximum absolute atomic E-state index is 13.8. The molecule has 0 saturated carbocycles. The molecule has 2 aromatic rings. The van der Waals surface area contributed by atoms with Crippen LogP contribution in [0.3, 0.4) is 0 Å². The van der Waals surface area contributed by atoms with Crippen LogP contribution >= 0.6 is 23.2 Å². The minimum absolute atomic E-state index is 0.0286. The van der Waals surface area contributed by atoms with Gasteiger partial charge in [-0.25, -0.2) is 13.8 Å². The van der Waals surface area contributed by atoms with Crippen molar-refractivity contribution in [2.45, 2.75) is 19.4 Å². The van der Waals surface area contributed by atoms with Crippen LogP contribution in [0.5, 0.6) is 0 Å². The number of alkyl halides is 2. The van der Waals surface area contributed by atoms with Gasteiger partial charge in [-0.1, -0.05) is 41.9 Å². The van der Waals surface area contributed by atoms with Crippen molar-refractivity contribution >= 4 is 41.8 Å². The summed E-state index contributed by atoms with van der Waals surface area (Å²) in [5, 5.41) is 1.19. The molecule has 0 bridgehead atoms. The minimum Gasteiger partial charge on any atom is -0.469 e. The molecular formula is C22H23Cl2F2N3O3. The summed E-state index contributed by atoms with van der Waals surface area (Å²) in [4.78, 5) is 17.7. The number of allylic oxidation sites excluding steroid dienone is 1. The number of methoxy groups -OCH3 is 1. The first-order chi connectivity index (χ1) is 15.3. The molecule has 6 nitrogen and oxygen atoms in total. The van der Waals surface area contributed by atoms with E-state index in [0.717, 1.165) is 0 Å². The van der Waals surface area contributed by atoms with E-state index in [1.54, 1.807) is 30.4 Å². The molecule has 0 atom stereocenters. The van der Waals surface area contributed by atoms with Crippen molar-refractivity contribution in [2.24, 2.45) is 0 Å². The van der Waals surface area contributed by atoms with Gasteiger partial charge >= 0.3 is 5.97 Å². The second-order valence-electron chi connectivity index (χ2n) is 7.05. The number of hydrogen-bond acceptors (Lipinski definition) is 5. The molecule has 3 rings (SSSR count). The lowest BCUT2D eigenvalue weighted by Gasteiger charge is -2.29. The third-order valence-corrected chi connectivity index (χ3v) is 5.89. The molecule has 0 spiro atoms. The van der Waals surface area contributed by atoms with Crippen molar-refractivity contribution < 1.29 is 23.0 Å². The molecule has 0 N–H and O–H groups in total. The van der Waals surface area contributed by atoms with Gasteiger partial charge < -0.3 is 18.9 Å². The third-order valence-electron chi connectivity index (χ3n) is 5.03. The molecule has 32 heavy (non-hydrogen) atoms. The Morgan fingerprint density at radius 1 is 1.34 bits per heavy atom. The normalized spacial score (nSPS) is 15.5. The number of benzene rings is 1. The minimum atomic E-state index is -2.82. The standard InChI is InChI=1S/C22H23Cl2F2N3O3/c1-14-18(12-16(6-7-19(30)31-2)28-8-10-32-11-9-28)29(22(27-14)21(25)26)13-15-4-3-5-17(23)20(15)24/h3-6,12,21H,1,7-11,13H2,2H3/b16-6+,18-12+. The number of aromatic nitrogens is 2. The molecule has 2 heterocycles. The zero-order valence-electron chi connectivity index (χ0n) is 17.5. The van der Waals surface area contributed by atoms with Crippen molar-refractivity contribution in [1.82, 2.24) is 14.5 Å². The summed E-state index contributed by atoms with van der Waals surface area (Å²) in [6.07, 6.45) is 0.611. The van der Waals surface area contributed by atoms with E-state index < -0.39 is 18.2 Å². The highest BCUT2D eigenvalue weighted by molar-refractivity contribution is 6.42. The fourth-order valence-corrected chi connectivity index (χ4v) is 3.76. The van der Waals surface area contributed by atoms with Gasteiger partial charge in [-0.3, -0.25) is 4.79 Å². The summed E-state index contributed by atoms with van der Waals surface area (Å²) < 4.78 is 39.1. The Labute approximate surface area is 194 Å². The monoisotopic (exact) mass is 485 g/mol. The predicted octanol–water partition coefficient (Wildman–Crippen LogP) is 3.15.